The number of carbonyl (C=O) groups is 3. The van der Waals surface area contributed by atoms with Gasteiger partial charge >= 0.3 is 0 Å². The van der Waals surface area contributed by atoms with Gasteiger partial charge in [0.05, 0.1) is 23.8 Å². The van der Waals surface area contributed by atoms with E-state index in [-0.39, 0.29) is 11.1 Å². The molecule has 0 spiro atoms. The second kappa shape index (κ2) is 7.39. The third-order valence-electron chi connectivity index (χ3n) is 7.06. The van der Waals surface area contributed by atoms with E-state index < -0.39 is 81.5 Å². The van der Waals surface area contributed by atoms with Crippen LogP contribution in [0.15, 0.2) is 35.1 Å². The lowest BCUT2D eigenvalue weighted by Gasteiger charge is -2.55. The molecule has 0 bridgehead atoms. The van der Waals surface area contributed by atoms with E-state index in [1.54, 1.807) is 0 Å². The van der Waals surface area contributed by atoms with E-state index in [4.69, 9.17) is 5.73 Å². The van der Waals surface area contributed by atoms with Crippen molar-refractivity contribution in [3.63, 3.8) is 0 Å². The predicted molar refractivity (Wildman–Crippen MR) is 114 cm³/mol. The maximum atomic E-state index is 14.0. The van der Waals surface area contributed by atoms with Gasteiger partial charge in [-0.2, -0.15) is 0 Å². The Labute approximate surface area is 188 Å². The average Bonchev–Trinajstić information content (AvgIpc) is 2.73. The lowest BCUT2D eigenvalue weighted by atomic mass is 9.54. The number of fused-ring (bicyclic) bond motifs is 3. The summed E-state index contributed by atoms with van der Waals surface area (Å²) in [5, 5.41) is 57.6. The molecule has 1 amide bonds. The number of Topliss-reactive ketones (excluding diaryl/α,β-unsaturated/α-hetero) is 2. The van der Waals surface area contributed by atoms with Gasteiger partial charge in [-0.25, -0.2) is 0 Å². The standard InChI is InChI=1S/C22H25N3O8/c1-24-22-13(14(25(2)3)18(30)12(20(22)32)21(23)33)17(29)10-11(19(22)31)16(28)9-7(15(10)27)5-4-6-8(9)26/h4-6,10,13-15,17,24,26-29,32H,1-3H3,(H2,23,33)/t10-,13+,14-,15-,17-,22?/m0/s1. The van der Waals surface area contributed by atoms with Crippen molar-refractivity contribution in [2.45, 2.75) is 23.8 Å². The Bertz CT molecular complexity index is 1160. The highest BCUT2D eigenvalue weighted by Crippen LogP contribution is 2.55. The van der Waals surface area contributed by atoms with Crippen molar-refractivity contribution in [1.82, 2.24) is 10.2 Å². The topological polar surface area (TPSA) is 194 Å². The van der Waals surface area contributed by atoms with E-state index >= 15 is 0 Å². The Kier molecular flexibility index (Phi) is 5.13. The fraction of sp³-hybridized carbons (Fsp3) is 0.409. The molecule has 0 radical (unpaired) electrons. The number of aliphatic hydroxyl groups excluding tert-OH is 4. The number of benzene rings is 1. The number of hydrogen-bond acceptors (Lipinski definition) is 10. The van der Waals surface area contributed by atoms with Crippen LogP contribution in [0.5, 0.6) is 5.75 Å². The number of carbonyl (C=O) groups excluding carboxylic acids is 3. The number of nitrogens with two attached hydrogens (primary N) is 1. The number of phenols is 1. The first-order chi connectivity index (χ1) is 15.4. The summed E-state index contributed by atoms with van der Waals surface area (Å²) in [6, 6.07) is 2.84. The van der Waals surface area contributed by atoms with Crippen molar-refractivity contribution in [3.05, 3.63) is 46.2 Å². The molecule has 4 rings (SSSR count). The van der Waals surface area contributed by atoms with Crippen LogP contribution in [0.4, 0.5) is 0 Å². The Morgan fingerprint density at radius 1 is 1.15 bits per heavy atom. The number of rotatable bonds is 3. The zero-order chi connectivity index (χ0) is 24.6. The quantitative estimate of drug-likeness (QED) is 0.266. The third-order valence-corrected chi connectivity index (χ3v) is 7.06. The van der Waals surface area contributed by atoms with Crippen LogP contribution in [0.2, 0.25) is 0 Å². The second-order valence-corrected chi connectivity index (χ2v) is 8.74. The number of nitrogens with zero attached hydrogens (tertiary/aromatic N) is 1. The average molecular weight is 459 g/mol. The van der Waals surface area contributed by atoms with Crippen LogP contribution in [0.3, 0.4) is 0 Å². The summed E-state index contributed by atoms with van der Waals surface area (Å²) in [6.07, 6.45) is -3.17. The largest absolute Gasteiger partial charge is 0.509 e. The maximum Gasteiger partial charge on any atom is 0.255 e. The number of likely N-dealkylation sites (N-methyl/N-ethyl adjacent to an activating group) is 2. The minimum atomic E-state index is -2.21. The fourth-order valence-corrected chi connectivity index (χ4v) is 5.67. The molecule has 1 aromatic carbocycles. The molecule has 3 aliphatic carbocycles. The maximum absolute atomic E-state index is 14.0. The van der Waals surface area contributed by atoms with Gasteiger partial charge in [0.1, 0.15) is 28.4 Å². The van der Waals surface area contributed by atoms with Crippen LogP contribution >= 0.6 is 0 Å². The van der Waals surface area contributed by atoms with Crippen molar-refractivity contribution in [1.29, 1.82) is 0 Å². The summed E-state index contributed by atoms with van der Waals surface area (Å²) in [6.45, 7) is 0. The minimum absolute atomic E-state index is 0.0891. The highest BCUT2D eigenvalue weighted by Gasteiger charge is 2.68. The molecule has 11 heteroatoms. The highest BCUT2D eigenvalue weighted by molar-refractivity contribution is 6.25. The first-order valence-electron chi connectivity index (χ1n) is 10.2. The summed E-state index contributed by atoms with van der Waals surface area (Å²) >= 11 is 0. The summed E-state index contributed by atoms with van der Waals surface area (Å²) in [4.78, 5) is 40.6. The molecule has 8 N–H and O–H groups in total. The summed E-state index contributed by atoms with van der Waals surface area (Å²) in [7, 11) is 4.28. The molecule has 33 heavy (non-hydrogen) atoms. The van der Waals surface area contributed by atoms with Gasteiger partial charge in [0, 0.05) is 17.4 Å². The SMILES string of the molecule is CNC12C(=O)C3=C(O)c4c(O)cccc4[C@H](O)[C@H]3[C@H](O)[C@H]1[C@H](N(C)C)C(=O)C(C(N)=O)=C2O. The van der Waals surface area contributed by atoms with Crippen LogP contribution < -0.4 is 11.1 Å². The summed E-state index contributed by atoms with van der Waals surface area (Å²) in [5.41, 5.74) is 1.81. The molecule has 6 atom stereocenters. The van der Waals surface area contributed by atoms with Crippen LogP contribution in [-0.2, 0) is 14.4 Å². The number of phenolic OH excluding ortho intramolecular Hbond substituents is 1. The third kappa shape index (κ3) is 2.67. The van der Waals surface area contributed by atoms with Gasteiger partial charge < -0.3 is 36.6 Å². The molecule has 3 aliphatic rings. The fourth-order valence-electron chi connectivity index (χ4n) is 5.67. The van der Waals surface area contributed by atoms with Crippen LogP contribution in [0, 0.1) is 11.8 Å². The number of ketones is 2. The lowest BCUT2D eigenvalue weighted by molar-refractivity contribution is -0.149. The van der Waals surface area contributed by atoms with E-state index in [2.05, 4.69) is 5.32 Å². The number of primary amides is 1. The predicted octanol–water partition coefficient (Wildman–Crippen LogP) is -1.35. The molecule has 0 saturated heterocycles. The van der Waals surface area contributed by atoms with Gasteiger partial charge in [-0.15, -0.1) is 0 Å². The van der Waals surface area contributed by atoms with E-state index in [1.165, 1.54) is 44.2 Å². The Morgan fingerprint density at radius 2 is 1.79 bits per heavy atom. The minimum Gasteiger partial charge on any atom is -0.509 e. The monoisotopic (exact) mass is 459 g/mol. The van der Waals surface area contributed by atoms with Crippen LogP contribution in [0.25, 0.3) is 5.76 Å². The zero-order valence-corrected chi connectivity index (χ0v) is 18.1. The van der Waals surface area contributed by atoms with E-state index in [0.717, 1.165) is 0 Å². The molecule has 1 saturated carbocycles. The molecule has 11 nitrogen and oxygen atoms in total. The van der Waals surface area contributed by atoms with E-state index in [0.29, 0.717) is 0 Å². The molecular formula is C22H25N3O8. The van der Waals surface area contributed by atoms with Gasteiger partial charge in [-0.3, -0.25) is 19.3 Å². The number of nitrogens with one attached hydrogen (secondary N) is 1. The van der Waals surface area contributed by atoms with E-state index in [1.807, 2.05) is 0 Å². The first-order valence-corrected chi connectivity index (χ1v) is 10.2. The van der Waals surface area contributed by atoms with Crippen LogP contribution in [0.1, 0.15) is 17.2 Å². The Hall–Kier alpha value is -3.25. The lowest BCUT2D eigenvalue weighted by Crippen LogP contribution is -2.74. The summed E-state index contributed by atoms with van der Waals surface area (Å²) < 4.78 is 0. The zero-order valence-electron chi connectivity index (χ0n) is 18.1. The van der Waals surface area contributed by atoms with Crippen molar-refractivity contribution in [2.24, 2.45) is 17.6 Å². The molecule has 1 unspecified atom stereocenters. The van der Waals surface area contributed by atoms with Crippen molar-refractivity contribution < 1.29 is 39.9 Å². The molecule has 0 aliphatic heterocycles. The van der Waals surface area contributed by atoms with Crippen LogP contribution in [-0.4, -0.2) is 86.7 Å². The Balaban J connectivity index is 2.10. The number of aromatic hydroxyl groups is 1. The van der Waals surface area contributed by atoms with Gasteiger partial charge in [0.2, 0.25) is 0 Å². The summed E-state index contributed by atoms with van der Waals surface area (Å²) in [5.74, 6) is -7.90. The van der Waals surface area contributed by atoms with Gasteiger partial charge in [-0.1, -0.05) is 12.1 Å². The van der Waals surface area contributed by atoms with Crippen molar-refractivity contribution >= 4 is 23.2 Å². The highest BCUT2D eigenvalue weighted by atomic mass is 16.3. The normalized spacial score (nSPS) is 33.7. The second-order valence-electron chi connectivity index (χ2n) is 8.74. The van der Waals surface area contributed by atoms with Gasteiger partial charge in [0.15, 0.2) is 11.6 Å². The molecule has 176 valence electrons. The molecular weight excluding hydrogens is 434 g/mol. The smallest absolute Gasteiger partial charge is 0.255 e. The number of hydrogen-bond donors (Lipinski definition) is 7. The molecule has 1 aromatic rings. The van der Waals surface area contributed by atoms with E-state index in [9.17, 15) is 39.9 Å². The first kappa shape index (κ1) is 22.9. The molecule has 1 fully saturated rings. The number of aliphatic hydroxyl groups is 4. The molecule has 0 heterocycles. The van der Waals surface area contributed by atoms with Crippen molar-refractivity contribution in [2.75, 3.05) is 21.1 Å². The van der Waals surface area contributed by atoms with Crippen molar-refractivity contribution in [3.8, 4) is 5.75 Å². The Morgan fingerprint density at radius 3 is 2.33 bits per heavy atom. The van der Waals surface area contributed by atoms with Gasteiger partial charge in [0.25, 0.3) is 5.91 Å². The van der Waals surface area contributed by atoms with Gasteiger partial charge in [-0.05, 0) is 32.8 Å². The number of amides is 1. The molecule has 0 aromatic heterocycles.